The Morgan fingerprint density at radius 1 is 1.00 bits per heavy atom. The molecule has 0 heterocycles. The standard InChI is InChI=1S/C18H20BrF/c1-13-3-5-15(6-4-13)10-16(12-19)11-17-7-8-18(20)9-14(17)2/h3-9,16H,10-12H2,1-2H3. The Bertz CT molecular complexity index is 560. The molecular weight excluding hydrogens is 315 g/mol. The van der Waals surface area contributed by atoms with Gasteiger partial charge < -0.3 is 0 Å². The second-order valence-electron chi connectivity index (χ2n) is 5.48. The lowest BCUT2D eigenvalue weighted by Crippen LogP contribution is -2.11. The lowest BCUT2D eigenvalue weighted by atomic mass is 9.92. The molecule has 2 rings (SSSR count). The predicted molar refractivity (Wildman–Crippen MR) is 87.0 cm³/mol. The highest BCUT2D eigenvalue weighted by atomic mass is 79.9. The van der Waals surface area contributed by atoms with E-state index in [9.17, 15) is 4.39 Å². The topological polar surface area (TPSA) is 0 Å². The molecule has 1 unspecified atom stereocenters. The third-order valence-electron chi connectivity index (χ3n) is 3.68. The van der Waals surface area contributed by atoms with E-state index in [1.807, 2.05) is 13.0 Å². The van der Waals surface area contributed by atoms with Crippen molar-refractivity contribution in [3.05, 3.63) is 70.5 Å². The van der Waals surface area contributed by atoms with E-state index in [0.29, 0.717) is 5.92 Å². The van der Waals surface area contributed by atoms with Gasteiger partial charge in [0.1, 0.15) is 5.82 Å². The number of hydrogen-bond acceptors (Lipinski definition) is 0. The van der Waals surface area contributed by atoms with Crippen LogP contribution in [0.3, 0.4) is 0 Å². The molecule has 0 fully saturated rings. The summed E-state index contributed by atoms with van der Waals surface area (Å²) in [4.78, 5) is 0. The minimum atomic E-state index is -0.153. The summed E-state index contributed by atoms with van der Waals surface area (Å²) in [5.74, 6) is 0.377. The Morgan fingerprint density at radius 3 is 2.30 bits per heavy atom. The Hall–Kier alpha value is -1.15. The SMILES string of the molecule is Cc1ccc(CC(CBr)Cc2ccc(F)cc2C)cc1. The van der Waals surface area contributed by atoms with E-state index in [4.69, 9.17) is 0 Å². The van der Waals surface area contributed by atoms with Gasteiger partial charge in [0.2, 0.25) is 0 Å². The highest BCUT2D eigenvalue weighted by Crippen LogP contribution is 2.20. The average Bonchev–Trinajstić information content (AvgIpc) is 2.43. The summed E-state index contributed by atoms with van der Waals surface area (Å²) in [5.41, 5.74) is 4.93. The van der Waals surface area contributed by atoms with Crippen LogP contribution in [0.4, 0.5) is 4.39 Å². The molecule has 2 aromatic rings. The van der Waals surface area contributed by atoms with Gasteiger partial charge in [-0.05, 0) is 61.4 Å². The van der Waals surface area contributed by atoms with Crippen molar-refractivity contribution < 1.29 is 4.39 Å². The first-order valence-electron chi connectivity index (χ1n) is 6.95. The van der Waals surface area contributed by atoms with Crippen molar-refractivity contribution >= 4 is 15.9 Å². The van der Waals surface area contributed by atoms with E-state index >= 15 is 0 Å². The molecule has 0 N–H and O–H groups in total. The molecule has 1 atom stereocenters. The highest BCUT2D eigenvalue weighted by Gasteiger charge is 2.11. The number of aryl methyl sites for hydroxylation is 2. The predicted octanol–water partition coefficient (Wildman–Crippen LogP) is 5.24. The average molecular weight is 335 g/mol. The fourth-order valence-corrected chi connectivity index (χ4v) is 2.90. The van der Waals surface area contributed by atoms with Gasteiger partial charge in [0.25, 0.3) is 0 Å². The first-order chi connectivity index (χ1) is 9.58. The Labute approximate surface area is 129 Å². The van der Waals surface area contributed by atoms with Crippen LogP contribution >= 0.6 is 15.9 Å². The van der Waals surface area contributed by atoms with Gasteiger partial charge in [-0.25, -0.2) is 4.39 Å². The van der Waals surface area contributed by atoms with Crippen LogP contribution in [0.1, 0.15) is 22.3 Å². The second-order valence-corrected chi connectivity index (χ2v) is 6.13. The molecule has 0 bridgehead atoms. The summed E-state index contributed by atoms with van der Waals surface area (Å²) in [6, 6.07) is 13.8. The van der Waals surface area contributed by atoms with E-state index in [1.165, 1.54) is 16.7 Å². The molecule has 0 radical (unpaired) electrons. The zero-order valence-electron chi connectivity index (χ0n) is 12.0. The Morgan fingerprint density at radius 2 is 1.70 bits per heavy atom. The minimum absolute atomic E-state index is 0.153. The van der Waals surface area contributed by atoms with E-state index < -0.39 is 0 Å². The summed E-state index contributed by atoms with van der Waals surface area (Å²) in [6.45, 7) is 4.09. The lowest BCUT2D eigenvalue weighted by Gasteiger charge is -2.16. The number of halogens is 2. The monoisotopic (exact) mass is 334 g/mol. The van der Waals surface area contributed by atoms with Crippen LogP contribution in [0.5, 0.6) is 0 Å². The number of alkyl halides is 1. The lowest BCUT2D eigenvalue weighted by molar-refractivity contribution is 0.585. The maximum absolute atomic E-state index is 13.1. The van der Waals surface area contributed by atoms with Crippen molar-refractivity contribution in [1.29, 1.82) is 0 Å². The molecule has 0 amide bonds. The van der Waals surface area contributed by atoms with Crippen LogP contribution in [-0.4, -0.2) is 5.33 Å². The molecule has 0 saturated heterocycles. The van der Waals surface area contributed by atoms with E-state index in [1.54, 1.807) is 12.1 Å². The molecule has 0 nitrogen and oxygen atoms in total. The van der Waals surface area contributed by atoms with Gasteiger partial charge in [-0.3, -0.25) is 0 Å². The molecule has 0 spiro atoms. The molecule has 0 aromatic heterocycles. The van der Waals surface area contributed by atoms with Gasteiger partial charge in [0.15, 0.2) is 0 Å². The van der Waals surface area contributed by atoms with Crippen molar-refractivity contribution in [3.8, 4) is 0 Å². The van der Waals surface area contributed by atoms with E-state index in [-0.39, 0.29) is 5.82 Å². The normalized spacial score (nSPS) is 12.4. The fraction of sp³-hybridized carbons (Fsp3) is 0.333. The zero-order valence-corrected chi connectivity index (χ0v) is 13.6. The Kier molecular flexibility index (Phi) is 5.36. The maximum Gasteiger partial charge on any atom is 0.123 e. The molecule has 0 aliphatic rings. The van der Waals surface area contributed by atoms with E-state index in [0.717, 1.165) is 23.7 Å². The van der Waals surface area contributed by atoms with Gasteiger partial charge in [0.05, 0.1) is 0 Å². The van der Waals surface area contributed by atoms with Crippen molar-refractivity contribution in [1.82, 2.24) is 0 Å². The maximum atomic E-state index is 13.1. The van der Waals surface area contributed by atoms with Crippen molar-refractivity contribution in [2.24, 2.45) is 5.92 Å². The number of rotatable bonds is 5. The zero-order chi connectivity index (χ0) is 14.5. The van der Waals surface area contributed by atoms with Crippen LogP contribution < -0.4 is 0 Å². The minimum Gasteiger partial charge on any atom is -0.207 e. The second kappa shape index (κ2) is 7.03. The van der Waals surface area contributed by atoms with Gasteiger partial charge in [-0.15, -0.1) is 0 Å². The van der Waals surface area contributed by atoms with E-state index in [2.05, 4.69) is 47.1 Å². The Balaban J connectivity index is 2.07. The van der Waals surface area contributed by atoms with Crippen LogP contribution in [0.2, 0.25) is 0 Å². The van der Waals surface area contributed by atoms with Gasteiger partial charge >= 0.3 is 0 Å². The van der Waals surface area contributed by atoms with Crippen molar-refractivity contribution in [2.45, 2.75) is 26.7 Å². The molecule has 20 heavy (non-hydrogen) atoms. The molecule has 0 saturated carbocycles. The number of benzene rings is 2. The van der Waals surface area contributed by atoms with Crippen LogP contribution in [0.15, 0.2) is 42.5 Å². The van der Waals surface area contributed by atoms with Gasteiger partial charge in [0, 0.05) is 5.33 Å². The molecular formula is C18H20BrF. The van der Waals surface area contributed by atoms with Crippen LogP contribution in [0.25, 0.3) is 0 Å². The van der Waals surface area contributed by atoms with Gasteiger partial charge in [-0.1, -0.05) is 51.8 Å². The fourth-order valence-electron chi connectivity index (χ4n) is 2.44. The smallest absolute Gasteiger partial charge is 0.123 e. The largest absolute Gasteiger partial charge is 0.207 e. The molecule has 0 aliphatic carbocycles. The molecule has 106 valence electrons. The highest BCUT2D eigenvalue weighted by molar-refractivity contribution is 9.09. The summed E-state index contributed by atoms with van der Waals surface area (Å²) in [7, 11) is 0. The molecule has 0 aliphatic heterocycles. The quantitative estimate of drug-likeness (QED) is 0.656. The van der Waals surface area contributed by atoms with Crippen LogP contribution in [-0.2, 0) is 12.8 Å². The first-order valence-corrected chi connectivity index (χ1v) is 8.07. The first kappa shape index (κ1) is 15.2. The third kappa shape index (κ3) is 4.17. The molecule has 2 aromatic carbocycles. The van der Waals surface area contributed by atoms with Crippen molar-refractivity contribution in [2.75, 3.05) is 5.33 Å². The summed E-state index contributed by atoms with van der Waals surface area (Å²) in [5, 5.41) is 0.956. The van der Waals surface area contributed by atoms with Crippen molar-refractivity contribution in [3.63, 3.8) is 0 Å². The van der Waals surface area contributed by atoms with Gasteiger partial charge in [-0.2, -0.15) is 0 Å². The third-order valence-corrected chi connectivity index (χ3v) is 4.59. The molecule has 2 heteroatoms. The summed E-state index contributed by atoms with van der Waals surface area (Å²) in [6.07, 6.45) is 2.02. The number of hydrogen-bond donors (Lipinski definition) is 0. The summed E-state index contributed by atoms with van der Waals surface area (Å²) < 4.78 is 13.1. The summed E-state index contributed by atoms with van der Waals surface area (Å²) >= 11 is 3.61. The van der Waals surface area contributed by atoms with Crippen LogP contribution in [0, 0.1) is 25.6 Å².